The molecule has 1 N–H and O–H groups in total. The predicted molar refractivity (Wildman–Crippen MR) is 51.4 cm³/mol. The number of nitriles is 1. The zero-order valence-corrected chi connectivity index (χ0v) is 8.30. The summed E-state index contributed by atoms with van der Waals surface area (Å²) in [6, 6.07) is 8.14. The lowest BCUT2D eigenvalue weighted by molar-refractivity contribution is -0.117. The van der Waals surface area contributed by atoms with E-state index in [9.17, 15) is 9.00 Å². The molecule has 1 aromatic rings. The van der Waals surface area contributed by atoms with Gasteiger partial charge >= 0.3 is 0 Å². The molecule has 0 radical (unpaired) electrons. The zero-order chi connectivity index (χ0) is 10.6. The fourth-order valence-electron chi connectivity index (χ4n) is 0.843. The van der Waals surface area contributed by atoms with Crippen LogP contribution in [0.5, 0.6) is 0 Å². The van der Waals surface area contributed by atoms with Crippen molar-refractivity contribution < 1.29 is 9.00 Å². The summed E-state index contributed by atoms with van der Waals surface area (Å²) in [5.74, 6) is -0.354. The van der Waals surface area contributed by atoms with Crippen molar-refractivity contribution >= 4 is 16.9 Å². The molecule has 0 saturated heterocycles. The monoisotopic (exact) mass is 208 g/mol. The molecule has 1 unspecified atom stereocenters. The summed E-state index contributed by atoms with van der Waals surface area (Å²) < 4.78 is 13.6. The number of nitrogens with one attached hydrogen (secondary N) is 1. The van der Waals surface area contributed by atoms with Gasteiger partial charge < -0.3 is 0 Å². The van der Waals surface area contributed by atoms with Crippen molar-refractivity contribution in [2.45, 2.75) is 11.8 Å². The lowest BCUT2D eigenvalue weighted by Crippen LogP contribution is -2.22. The van der Waals surface area contributed by atoms with Crippen LogP contribution in [0.15, 0.2) is 29.2 Å². The molecule has 0 aliphatic rings. The van der Waals surface area contributed by atoms with Gasteiger partial charge in [0.05, 0.1) is 16.5 Å². The molecule has 72 valence electrons. The molecule has 0 saturated carbocycles. The topological polar surface area (TPSA) is 70.0 Å². The molecule has 4 nitrogen and oxygen atoms in total. The van der Waals surface area contributed by atoms with Crippen molar-refractivity contribution in [3.63, 3.8) is 0 Å². The number of carbonyl (C=O) groups is 1. The molecule has 0 spiro atoms. The van der Waals surface area contributed by atoms with Crippen molar-refractivity contribution in [2.24, 2.45) is 0 Å². The maximum atomic E-state index is 11.4. The highest BCUT2D eigenvalue weighted by molar-refractivity contribution is 7.83. The Bertz CT molecular complexity index is 406. The fourth-order valence-corrected chi connectivity index (χ4v) is 1.60. The summed E-state index contributed by atoms with van der Waals surface area (Å²) in [5.41, 5.74) is 0.494. The van der Waals surface area contributed by atoms with Gasteiger partial charge in [0.1, 0.15) is 0 Å². The summed E-state index contributed by atoms with van der Waals surface area (Å²) in [4.78, 5) is 11.1. The van der Waals surface area contributed by atoms with Crippen LogP contribution in [0, 0.1) is 11.3 Å². The molecule has 0 aliphatic heterocycles. The first kappa shape index (κ1) is 10.4. The highest BCUT2D eigenvalue weighted by Gasteiger charge is 2.04. The fraction of sp³-hybridized carbons (Fsp3) is 0.111. The molecule has 1 amide bonds. The summed E-state index contributed by atoms with van der Waals surface area (Å²) in [5, 5.41) is 8.52. The van der Waals surface area contributed by atoms with Crippen molar-refractivity contribution in [3.8, 4) is 6.07 Å². The van der Waals surface area contributed by atoms with Crippen molar-refractivity contribution in [3.05, 3.63) is 29.8 Å². The van der Waals surface area contributed by atoms with Crippen molar-refractivity contribution in [1.82, 2.24) is 4.72 Å². The molecule has 0 heterocycles. The molecule has 1 rings (SSSR count). The Hall–Kier alpha value is -1.67. The number of nitrogens with zero attached hydrogens (tertiary/aromatic N) is 1. The van der Waals surface area contributed by atoms with Crippen LogP contribution in [-0.4, -0.2) is 10.1 Å². The number of carbonyl (C=O) groups excluding carboxylic acids is 1. The van der Waals surface area contributed by atoms with Crippen LogP contribution in [0.25, 0.3) is 0 Å². The molecule has 0 fully saturated rings. The molecule has 0 aliphatic carbocycles. The Morgan fingerprint density at radius 2 is 2.00 bits per heavy atom. The first-order valence-electron chi connectivity index (χ1n) is 3.82. The highest BCUT2D eigenvalue weighted by atomic mass is 32.2. The van der Waals surface area contributed by atoms with E-state index in [1.807, 2.05) is 6.07 Å². The van der Waals surface area contributed by atoms with E-state index in [1.165, 1.54) is 6.92 Å². The van der Waals surface area contributed by atoms with Gasteiger partial charge in [-0.05, 0) is 24.3 Å². The Balaban J connectivity index is 2.83. The van der Waals surface area contributed by atoms with E-state index in [2.05, 4.69) is 4.72 Å². The first-order chi connectivity index (χ1) is 6.63. The Kier molecular flexibility index (Phi) is 3.37. The number of amides is 1. The average molecular weight is 208 g/mol. The quantitative estimate of drug-likeness (QED) is 0.778. The van der Waals surface area contributed by atoms with Gasteiger partial charge in [0, 0.05) is 6.92 Å². The first-order valence-corrected chi connectivity index (χ1v) is 4.97. The van der Waals surface area contributed by atoms with E-state index in [-0.39, 0.29) is 5.91 Å². The van der Waals surface area contributed by atoms with Gasteiger partial charge in [-0.1, -0.05) is 0 Å². The molecule has 1 aromatic carbocycles. The lowest BCUT2D eigenvalue weighted by Gasteiger charge is -2.01. The zero-order valence-electron chi connectivity index (χ0n) is 7.48. The molecule has 0 bridgehead atoms. The van der Waals surface area contributed by atoms with E-state index in [1.54, 1.807) is 24.3 Å². The van der Waals surface area contributed by atoms with E-state index in [4.69, 9.17) is 5.26 Å². The summed E-state index contributed by atoms with van der Waals surface area (Å²) in [6.45, 7) is 1.29. The van der Waals surface area contributed by atoms with Gasteiger partial charge in [-0.2, -0.15) is 5.26 Å². The van der Waals surface area contributed by atoms with Crippen LogP contribution in [0.2, 0.25) is 0 Å². The minimum absolute atomic E-state index is 0.354. The predicted octanol–water partition coefficient (Wildman–Crippen LogP) is 0.717. The van der Waals surface area contributed by atoms with Gasteiger partial charge in [0.25, 0.3) is 0 Å². The number of benzene rings is 1. The minimum Gasteiger partial charge on any atom is -0.274 e. The van der Waals surface area contributed by atoms with Crippen LogP contribution in [-0.2, 0) is 15.8 Å². The second-order valence-corrected chi connectivity index (χ2v) is 3.78. The van der Waals surface area contributed by atoms with Gasteiger partial charge in [-0.15, -0.1) is 0 Å². The molecule has 0 aromatic heterocycles. The molecular formula is C9H8N2O2S. The van der Waals surface area contributed by atoms with Crippen molar-refractivity contribution in [2.75, 3.05) is 0 Å². The maximum Gasteiger partial charge on any atom is 0.228 e. The normalized spacial score (nSPS) is 11.4. The van der Waals surface area contributed by atoms with Crippen LogP contribution in [0.4, 0.5) is 0 Å². The van der Waals surface area contributed by atoms with Crippen LogP contribution in [0.1, 0.15) is 12.5 Å². The maximum absolute atomic E-state index is 11.4. The van der Waals surface area contributed by atoms with E-state index < -0.39 is 11.0 Å². The minimum atomic E-state index is -1.53. The largest absolute Gasteiger partial charge is 0.274 e. The number of hydrogen-bond acceptors (Lipinski definition) is 3. The van der Waals surface area contributed by atoms with Crippen LogP contribution in [0.3, 0.4) is 0 Å². The SMILES string of the molecule is CC(=O)NS(=O)c1ccc(C#N)cc1. The second-order valence-electron chi connectivity index (χ2n) is 2.56. The molecule has 14 heavy (non-hydrogen) atoms. The Labute approximate surface area is 84.1 Å². The Morgan fingerprint density at radius 3 is 2.43 bits per heavy atom. The third kappa shape index (κ3) is 2.68. The average Bonchev–Trinajstić information content (AvgIpc) is 2.17. The third-order valence-corrected chi connectivity index (χ3v) is 2.61. The standard InChI is InChI=1S/C9H8N2O2S/c1-7(12)11-14(13)9-4-2-8(6-10)3-5-9/h2-5H,1H3,(H,11,12). The molecule has 5 heteroatoms. The summed E-state index contributed by atoms with van der Waals surface area (Å²) in [6.07, 6.45) is 0. The number of hydrogen-bond donors (Lipinski definition) is 1. The van der Waals surface area contributed by atoms with E-state index in [0.717, 1.165) is 0 Å². The van der Waals surface area contributed by atoms with Gasteiger partial charge in [0.15, 0.2) is 11.0 Å². The molecular weight excluding hydrogens is 200 g/mol. The van der Waals surface area contributed by atoms with Gasteiger partial charge in [-0.25, -0.2) is 4.21 Å². The summed E-state index contributed by atoms with van der Waals surface area (Å²) >= 11 is 0. The van der Waals surface area contributed by atoms with Gasteiger partial charge in [0.2, 0.25) is 5.91 Å². The van der Waals surface area contributed by atoms with Crippen LogP contribution >= 0.6 is 0 Å². The van der Waals surface area contributed by atoms with E-state index in [0.29, 0.717) is 10.5 Å². The summed E-state index contributed by atoms with van der Waals surface area (Å²) in [7, 11) is -1.53. The van der Waals surface area contributed by atoms with Crippen molar-refractivity contribution in [1.29, 1.82) is 5.26 Å². The second kappa shape index (κ2) is 4.53. The van der Waals surface area contributed by atoms with Crippen LogP contribution < -0.4 is 4.72 Å². The Morgan fingerprint density at radius 1 is 1.43 bits per heavy atom. The highest BCUT2D eigenvalue weighted by Crippen LogP contribution is 2.06. The van der Waals surface area contributed by atoms with E-state index >= 15 is 0 Å². The smallest absolute Gasteiger partial charge is 0.228 e. The lowest BCUT2D eigenvalue weighted by atomic mass is 10.2. The molecule has 1 atom stereocenters. The number of rotatable bonds is 2. The van der Waals surface area contributed by atoms with Gasteiger partial charge in [-0.3, -0.25) is 9.52 Å². The third-order valence-electron chi connectivity index (χ3n) is 1.43.